The second-order valence-corrected chi connectivity index (χ2v) is 9.80. The molecule has 1 aliphatic heterocycles. The van der Waals surface area contributed by atoms with Crippen molar-refractivity contribution in [3.63, 3.8) is 0 Å². The number of benzene rings is 3. The monoisotopic (exact) mass is 433 g/mol. The van der Waals surface area contributed by atoms with Crippen molar-refractivity contribution < 1.29 is 0 Å². The van der Waals surface area contributed by atoms with Crippen LogP contribution in [-0.4, -0.2) is 34.2 Å². The van der Waals surface area contributed by atoms with Crippen LogP contribution in [0.15, 0.2) is 72.9 Å². The molecule has 166 valence electrons. The Kier molecular flexibility index (Phi) is 4.70. The Morgan fingerprint density at radius 3 is 2.55 bits per heavy atom. The molecule has 3 heteroatoms. The first-order valence-electron chi connectivity index (χ1n) is 11.9. The molecule has 3 heterocycles. The molecule has 0 fully saturated rings. The third-order valence-corrected chi connectivity index (χ3v) is 7.61. The molecule has 0 N–H and O–H groups in total. The second kappa shape index (κ2) is 7.64. The molecule has 5 aromatic rings. The quantitative estimate of drug-likeness (QED) is 0.320. The summed E-state index contributed by atoms with van der Waals surface area (Å²) in [6, 6.07) is 25.1. The van der Waals surface area contributed by atoms with Crippen molar-refractivity contribution in [1.29, 1.82) is 0 Å². The van der Waals surface area contributed by atoms with Crippen molar-refractivity contribution in [2.75, 3.05) is 20.1 Å². The van der Waals surface area contributed by atoms with Crippen LogP contribution in [0.3, 0.4) is 0 Å². The molecule has 1 atom stereocenters. The van der Waals surface area contributed by atoms with Gasteiger partial charge in [0.05, 0.1) is 0 Å². The molecule has 3 nitrogen and oxygen atoms in total. The fourth-order valence-electron chi connectivity index (χ4n) is 5.91. The molecule has 0 radical (unpaired) electrons. The van der Waals surface area contributed by atoms with Gasteiger partial charge in [0, 0.05) is 66.8 Å². The highest BCUT2D eigenvalue weighted by molar-refractivity contribution is 5.88. The summed E-state index contributed by atoms with van der Waals surface area (Å²) in [6.07, 6.45) is 3.24. The van der Waals surface area contributed by atoms with Gasteiger partial charge in [-0.15, -0.1) is 0 Å². The van der Waals surface area contributed by atoms with Gasteiger partial charge in [0.15, 0.2) is 0 Å². The van der Waals surface area contributed by atoms with E-state index >= 15 is 0 Å². The summed E-state index contributed by atoms with van der Waals surface area (Å²) < 4.78 is 4.65. The molecule has 3 aromatic carbocycles. The lowest BCUT2D eigenvalue weighted by atomic mass is 9.86. The van der Waals surface area contributed by atoms with Crippen LogP contribution in [0.25, 0.3) is 32.9 Å². The predicted octanol–water partition coefficient (Wildman–Crippen LogP) is 6.27. The Morgan fingerprint density at radius 2 is 1.67 bits per heavy atom. The number of aromatic nitrogens is 2. The maximum atomic E-state index is 2.50. The molecule has 6 rings (SSSR count). The zero-order valence-corrected chi connectivity index (χ0v) is 20.0. The van der Waals surface area contributed by atoms with Crippen LogP contribution in [0.4, 0.5) is 0 Å². The molecule has 0 saturated heterocycles. The molecule has 0 saturated carbocycles. The zero-order chi connectivity index (χ0) is 22.7. The smallest absolute Gasteiger partial charge is 0.0483 e. The largest absolute Gasteiger partial charge is 0.351 e. The molecule has 1 aliphatic rings. The van der Waals surface area contributed by atoms with Crippen molar-refractivity contribution in [3.05, 3.63) is 95.3 Å². The SMILES string of the molecule is Cc1ccc2c(c1)c1c(n2C)C(c2ccccc2-c2ccc3c(ccn3C)c2)CN(C)CC1. The third kappa shape index (κ3) is 3.22. The molecule has 2 aromatic heterocycles. The van der Waals surface area contributed by atoms with Crippen LogP contribution < -0.4 is 0 Å². The standard InChI is InChI=1S/C30H31N3/c1-20-9-11-29-26(17-20)25-14-15-31(2)19-27(30(25)33(29)4)24-8-6-5-7-23(24)21-10-12-28-22(18-21)13-16-32(28)3/h5-13,16-18,27H,14-15,19H2,1-4H3. The molecule has 33 heavy (non-hydrogen) atoms. The van der Waals surface area contributed by atoms with E-state index in [1.807, 2.05) is 0 Å². The van der Waals surface area contributed by atoms with Gasteiger partial charge in [-0.1, -0.05) is 42.0 Å². The number of fused-ring (bicyclic) bond motifs is 4. The fraction of sp³-hybridized carbons (Fsp3) is 0.267. The summed E-state index contributed by atoms with van der Waals surface area (Å²) >= 11 is 0. The van der Waals surface area contributed by atoms with Crippen molar-refractivity contribution in [2.45, 2.75) is 19.3 Å². The van der Waals surface area contributed by atoms with Crippen LogP contribution in [0.2, 0.25) is 0 Å². The first-order valence-corrected chi connectivity index (χ1v) is 11.9. The van der Waals surface area contributed by atoms with Gasteiger partial charge in [-0.25, -0.2) is 0 Å². The lowest BCUT2D eigenvalue weighted by Gasteiger charge is -2.25. The van der Waals surface area contributed by atoms with Gasteiger partial charge in [-0.3, -0.25) is 0 Å². The molecule has 0 amide bonds. The average molecular weight is 434 g/mol. The lowest BCUT2D eigenvalue weighted by Crippen LogP contribution is -2.25. The summed E-state index contributed by atoms with van der Waals surface area (Å²) in [7, 11) is 6.64. The summed E-state index contributed by atoms with van der Waals surface area (Å²) in [5, 5.41) is 2.72. The average Bonchev–Trinajstić information content (AvgIpc) is 3.25. The lowest BCUT2D eigenvalue weighted by molar-refractivity contribution is 0.336. The highest BCUT2D eigenvalue weighted by atomic mass is 15.1. The Morgan fingerprint density at radius 1 is 0.848 bits per heavy atom. The number of aryl methyl sites for hydroxylation is 3. The van der Waals surface area contributed by atoms with Crippen molar-refractivity contribution >= 4 is 21.8 Å². The number of hydrogen-bond acceptors (Lipinski definition) is 1. The fourth-order valence-corrected chi connectivity index (χ4v) is 5.91. The van der Waals surface area contributed by atoms with E-state index in [0.29, 0.717) is 5.92 Å². The van der Waals surface area contributed by atoms with E-state index in [0.717, 1.165) is 19.5 Å². The Bertz CT molecular complexity index is 1500. The molecule has 0 bridgehead atoms. The van der Waals surface area contributed by atoms with Crippen molar-refractivity contribution in [2.24, 2.45) is 14.1 Å². The van der Waals surface area contributed by atoms with Crippen LogP contribution in [0, 0.1) is 6.92 Å². The first-order chi connectivity index (χ1) is 16.0. The van der Waals surface area contributed by atoms with Gasteiger partial charge in [-0.2, -0.15) is 0 Å². The van der Waals surface area contributed by atoms with Crippen LogP contribution in [0.5, 0.6) is 0 Å². The molecule has 0 aliphatic carbocycles. The number of likely N-dealkylation sites (N-methyl/N-ethyl adjacent to an activating group) is 1. The number of nitrogens with zero attached hydrogens (tertiary/aromatic N) is 3. The van der Waals surface area contributed by atoms with Gasteiger partial charge >= 0.3 is 0 Å². The Balaban J connectivity index is 1.58. The second-order valence-electron chi connectivity index (χ2n) is 9.80. The van der Waals surface area contributed by atoms with E-state index in [1.54, 1.807) is 0 Å². The van der Waals surface area contributed by atoms with Gasteiger partial charge in [0.1, 0.15) is 0 Å². The van der Waals surface area contributed by atoms with Gasteiger partial charge < -0.3 is 14.0 Å². The van der Waals surface area contributed by atoms with E-state index in [1.165, 1.54) is 55.3 Å². The maximum Gasteiger partial charge on any atom is 0.0483 e. The Hall–Kier alpha value is -3.30. The van der Waals surface area contributed by atoms with Crippen LogP contribution >= 0.6 is 0 Å². The summed E-state index contributed by atoms with van der Waals surface area (Å²) in [5.41, 5.74) is 11.0. The highest BCUT2D eigenvalue weighted by Gasteiger charge is 2.29. The number of rotatable bonds is 2. The zero-order valence-electron chi connectivity index (χ0n) is 20.0. The van der Waals surface area contributed by atoms with Crippen LogP contribution in [-0.2, 0) is 20.5 Å². The van der Waals surface area contributed by atoms with Gasteiger partial charge in [0.2, 0.25) is 0 Å². The minimum atomic E-state index is 0.327. The van der Waals surface area contributed by atoms with Gasteiger partial charge in [0.25, 0.3) is 0 Å². The van der Waals surface area contributed by atoms with Crippen molar-refractivity contribution in [1.82, 2.24) is 14.0 Å². The predicted molar refractivity (Wildman–Crippen MR) is 139 cm³/mol. The van der Waals surface area contributed by atoms with Gasteiger partial charge in [-0.05, 0) is 73.0 Å². The Labute approximate surface area is 195 Å². The normalized spacial score (nSPS) is 16.9. The summed E-state index contributed by atoms with van der Waals surface area (Å²) in [6.45, 7) is 4.32. The maximum absolute atomic E-state index is 2.50. The van der Waals surface area contributed by atoms with E-state index in [4.69, 9.17) is 0 Å². The minimum absolute atomic E-state index is 0.327. The van der Waals surface area contributed by atoms with E-state index in [9.17, 15) is 0 Å². The molecular weight excluding hydrogens is 402 g/mol. The third-order valence-electron chi connectivity index (χ3n) is 7.61. The minimum Gasteiger partial charge on any atom is -0.351 e. The number of hydrogen-bond donors (Lipinski definition) is 0. The summed E-state index contributed by atoms with van der Waals surface area (Å²) in [5.74, 6) is 0.327. The topological polar surface area (TPSA) is 13.1 Å². The van der Waals surface area contributed by atoms with Crippen molar-refractivity contribution in [3.8, 4) is 11.1 Å². The van der Waals surface area contributed by atoms with E-state index in [-0.39, 0.29) is 0 Å². The molecular formula is C30H31N3. The first kappa shape index (κ1) is 20.3. The highest BCUT2D eigenvalue weighted by Crippen LogP contribution is 2.41. The molecule has 1 unspecified atom stereocenters. The van der Waals surface area contributed by atoms with Crippen LogP contribution in [0.1, 0.15) is 28.3 Å². The molecule has 0 spiro atoms. The van der Waals surface area contributed by atoms with E-state index < -0.39 is 0 Å². The summed E-state index contributed by atoms with van der Waals surface area (Å²) in [4.78, 5) is 2.50. The van der Waals surface area contributed by atoms with E-state index in [2.05, 4.69) is 115 Å².